The minimum Gasteiger partial charge on any atom is -0.481 e. The third-order valence-electron chi connectivity index (χ3n) is 2.70. The van der Waals surface area contributed by atoms with E-state index in [1.807, 2.05) is 10.8 Å². The van der Waals surface area contributed by atoms with Crippen molar-refractivity contribution >= 4 is 5.97 Å². The van der Waals surface area contributed by atoms with Gasteiger partial charge in [-0.2, -0.15) is 0 Å². The van der Waals surface area contributed by atoms with Crippen LogP contribution in [-0.4, -0.2) is 20.6 Å². The van der Waals surface area contributed by atoms with Crippen molar-refractivity contribution in [1.29, 1.82) is 0 Å². The Morgan fingerprint density at radius 3 is 2.92 bits per heavy atom. The largest absolute Gasteiger partial charge is 0.481 e. The van der Waals surface area contributed by atoms with E-state index in [0.717, 1.165) is 19.3 Å². The maximum absolute atomic E-state index is 10.7. The molecule has 2 atom stereocenters. The Bertz CT molecular complexity index is 295. The summed E-state index contributed by atoms with van der Waals surface area (Å²) in [6.07, 6.45) is 7.87. The lowest BCUT2D eigenvalue weighted by atomic mass is 10.1. The molecule has 0 bridgehead atoms. The molecule has 1 aromatic rings. The number of rotatable bonds is 2. The van der Waals surface area contributed by atoms with Gasteiger partial charge in [0.25, 0.3) is 0 Å². The maximum Gasteiger partial charge on any atom is 0.306 e. The number of hydrogen-bond acceptors (Lipinski definition) is 2. The van der Waals surface area contributed by atoms with Crippen molar-refractivity contribution in [2.24, 2.45) is 5.92 Å². The zero-order chi connectivity index (χ0) is 9.26. The van der Waals surface area contributed by atoms with E-state index in [1.165, 1.54) is 0 Å². The average molecular weight is 180 g/mol. The molecule has 4 nitrogen and oxygen atoms in total. The van der Waals surface area contributed by atoms with Crippen molar-refractivity contribution in [3.05, 3.63) is 18.7 Å². The summed E-state index contributed by atoms with van der Waals surface area (Å²) in [7, 11) is 0. The molecule has 1 N–H and O–H groups in total. The van der Waals surface area contributed by atoms with Gasteiger partial charge in [0.15, 0.2) is 0 Å². The molecule has 2 rings (SSSR count). The summed E-state index contributed by atoms with van der Waals surface area (Å²) in [5.41, 5.74) is 0. The molecule has 0 saturated heterocycles. The number of carboxylic acids is 1. The Hall–Kier alpha value is -1.32. The molecule has 1 heterocycles. The van der Waals surface area contributed by atoms with Crippen LogP contribution in [0.25, 0.3) is 0 Å². The van der Waals surface area contributed by atoms with E-state index in [-0.39, 0.29) is 5.92 Å². The van der Waals surface area contributed by atoms with Gasteiger partial charge in [-0.1, -0.05) is 0 Å². The second kappa shape index (κ2) is 3.20. The molecular weight excluding hydrogens is 168 g/mol. The lowest BCUT2D eigenvalue weighted by molar-refractivity contribution is -0.141. The number of nitrogens with zero attached hydrogens (tertiary/aromatic N) is 2. The van der Waals surface area contributed by atoms with E-state index in [4.69, 9.17) is 5.11 Å². The summed E-state index contributed by atoms with van der Waals surface area (Å²) < 4.78 is 2.00. The summed E-state index contributed by atoms with van der Waals surface area (Å²) >= 11 is 0. The highest BCUT2D eigenvalue weighted by Gasteiger charge is 2.30. The molecule has 4 heteroatoms. The van der Waals surface area contributed by atoms with Crippen molar-refractivity contribution in [3.8, 4) is 0 Å². The zero-order valence-electron chi connectivity index (χ0n) is 7.26. The minimum absolute atomic E-state index is 0.160. The topological polar surface area (TPSA) is 55.1 Å². The van der Waals surface area contributed by atoms with Crippen molar-refractivity contribution in [3.63, 3.8) is 0 Å². The standard InChI is InChI=1S/C9H12N2O2/c12-9(13)7-1-2-8(5-7)11-4-3-10-6-11/h3-4,6-8H,1-2,5H2,(H,12,13). The second-order valence-corrected chi connectivity index (χ2v) is 3.51. The fraction of sp³-hybridized carbons (Fsp3) is 0.556. The van der Waals surface area contributed by atoms with Crippen LogP contribution >= 0.6 is 0 Å². The fourth-order valence-corrected chi connectivity index (χ4v) is 1.94. The van der Waals surface area contributed by atoms with Gasteiger partial charge >= 0.3 is 5.97 Å². The first-order chi connectivity index (χ1) is 6.27. The number of carboxylic acid groups (broad SMARTS) is 1. The van der Waals surface area contributed by atoms with Crippen LogP contribution in [0.2, 0.25) is 0 Å². The van der Waals surface area contributed by atoms with Crippen LogP contribution in [0.5, 0.6) is 0 Å². The first kappa shape index (κ1) is 8.29. The van der Waals surface area contributed by atoms with Crippen molar-refractivity contribution < 1.29 is 9.90 Å². The Labute approximate surface area is 76.2 Å². The molecular formula is C9H12N2O2. The molecule has 1 saturated carbocycles. The maximum atomic E-state index is 10.7. The van der Waals surface area contributed by atoms with Gasteiger partial charge in [0.1, 0.15) is 0 Å². The Kier molecular flexibility index (Phi) is 2.04. The molecule has 2 unspecified atom stereocenters. The molecule has 1 aliphatic carbocycles. The summed E-state index contributed by atoms with van der Waals surface area (Å²) in [6, 6.07) is 0.337. The number of aliphatic carboxylic acids is 1. The molecule has 0 aliphatic heterocycles. The lowest BCUT2D eigenvalue weighted by Gasteiger charge is -2.10. The molecule has 0 radical (unpaired) electrons. The second-order valence-electron chi connectivity index (χ2n) is 3.51. The molecule has 0 aromatic carbocycles. The molecule has 13 heavy (non-hydrogen) atoms. The number of hydrogen-bond donors (Lipinski definition) is 1. The Morgan fingerprint density at radius 2 is 2.38 bits per heavy atom. The van der Waals surface area contributed by atoms with Gasteiger partial charge in [0.2, 0.25) is 0 Å². The molecule has 70 valence electrons. The first-order valence-electron chi connectivity index (χ1n) is 4.47. The highest BCUT2D eigenvalue weighted by Crippen LogP contribution is 2.34. The zero-order valence-corrected chi connectivity index (χ0v) is 7.26. The minimum atomic E-state index is -0.664. The quantitative estimate of drug-likeness (QED) is 0.746. The van der Waals surface area contributed by atoms with Crippen LogP contribution in [0.4, 0.5) is 0 Å². The summed E-state index contributed by atoms with van der Waals surface area (Å²) in [6.45, 7) is 0. The predicted molar refractivity (Wildman–Crippen MR) is 46.2 cm³/mol. The van der Waals surface area contributed by atoms with Gasteiger partial charge < -0.3 is 9.67 Å². The van der Waals surface area contributed by atoms with E-state index in [9.17, 15) is 4.79 Å². The summed E-state index contributed by atoms with van der Waals surface area (Å²) in [5, 5.41) is 8.80. The normalized spacial score (nSPS) is 27.7. The summed E-state index contributed by atoms with van der Waals surface area (Å²) in [4.78, 5) is 14.6. The fourth-order valence-electron chi connectivity index (χ4n) is 1.94. The monoisotopic (exact) mass is 180 g/mol. The molecule has 1 fully saturated rings. The highest BCUT2D eigenvalue weighted by atomic mass is 16.4. The predicted octanol–water partition coefficient (Wildman–Crippen LogP) is 1.31. The van der Waals surface area contributed by atoms with Crippen LogP contribution in [-0.2, 0) is 4.79 Å². The van der Waals surface area contributed by atoms with Crippen LogP contribution in [0, 0.1) is 5.92 Å². The van der Waals surface area contributed by atoms with Crippen molar-refractivity contribution in [2.75, 3.05) is 0 Å². The SMILES string of the molecule is O=C(O)C1CCC(n2ccnc2)C1. The third-order valence-corrected chi connectivity index (χ3v) is 2.70. The Morgan fingerprint density at radius 1 is 1.54 bits per heavy atom. The van der Waals surface area contributed by atoms with E-state index in [0.29, 0.717) is 6.04 Å². The van der Waals surface area contributed by atoms with Crippen molar-refractivity contribution in [2.45, 2.75) is 25.3 Å². The molecule has 1 aromatic heterocycles. The van der Waals surface area contributed by atoms with Gasteiger partial charge in [-0.3, -0.25) is 4.79 Å². The van der Waals surface area contributed by atoms with Gasteiger partial charge in [0, 0.05) is 18.4 Å². The lowest BCUT2D eigenvalue weighted by Crippen LogP contribution is -2.10. The van der Waals surface area contributed by atoms with Crippen LogP contribution in [0.1, 0.15) is 25.3 Å². The summed E-state index contributed by atoms with van der Waals surface area (Å²) in [5.74, 6) is -0.824. The van der Waals surface area contributed by atoms with E-state index < -0.39 is 5.97 Å². The van der Waals surface area contributed by atoms with E-state index in [2.05, 4.69) is 4.98 Å². The Balaban J connectivity index is 2.03. The van der Waals surface area contributed by atoms with Crippen LogP contribution in [0.3, 0.4) is 0 Å². The van der Waals surface area contributed by atoms with Crippen molar-refractivity contribution in [1.82, 2.24) is 9.55 Å². The number of aromatic nitrogens is 2. The van der Waals surface area contributed by atoms with E-state index in [1.54, 1.807) is 12.5 Å². The molecule has 1 aliphatic rings. The number of imidazole rings is 1. The molecule has 0 amide bonds. The highest BCUT2D eigenvalue weighted by molar-refractivity contribution is 5.70. The smallest absolute Gasteiger partial charge is 0.306 e. The first-order valence-corrected chi connectivity index (χ1v) is 4.47. The van der Waals surface area contributed by atoms with Gasteiger partial charge in [-0.05, 0) is 19.3 Å². The van der Waals surface area contributed by atoms with Crippen LogP contribution in [0.15, 0.2) is 18.7 Å². The molecule has 0 spiro atoms. The van der Waals surface area contributed by atoms with Gasteiger partial charge in [-0.25, -0.2) is 4.98 Å². The third kappa shape index (κ3) is 1.56. The number of carbonyl (C=O) groups is 1. The average Bonchev–Trinajstić information content (AvgIpc) is 2.75. The van der Waals surface area contributed by atoms with Crippen LogP contribution < -0.4 is 0 Å². The van der Waals surface area contributed by atoms with Gasteiger partial charge in [0.05, 0.1) is 12.2 Å². The van der Waals surface area contributed by atoms with E-state index >= 15 is 0 Å². The van der Waals surface area contributed by atoms with Gasteiger partial charge in [-0.15, -0.1) is 0 Å².